The van der Waals surface area contributed by atoms with E-state index >= 15 is 0 Å². The molecule has 0 saturated carbocycles. The zero-order valence-corrected chi connectivity index (χ0v) is 10.4. The van der Waals surface area contributed by atoms with Crippen molar-refractivity contribution in [2.45, 2.75) is 38.8 Å². The predicted molar refractivity (Wildman–Crippen MR) is 62.4 cm³/mol. The molecule has 3 N–H and O–H groups in total. The van der Waals surface area contributed by atoms with E-state index < -0.39 is 11.7 Å². The van der Waals surface area contributed by atoms with Crippen LogP contribution >= 0.6 is 0 Å². The second-order valence-electron chi connectivity index (χ2n) is 4.81. The monoisotopic (exact) mass is 241 g/mol. The maximum Gasteiger partial charge on any atom is 0.407 e. The van der Waals surface area contributed by atoms with E-state index in [4.69, 9.17) is 14.9 Å². The summed E-state index contributed by atoms with van der Waals surface area (Å²) in [6, 6.07) is -0.226. The largest absolute Gasteiger partial charge is 0.448 e. The molecule has 0 radical (unpaired) electrons. The minimum atomic E-state index is -0.501. The Hall–Kier alpha value is -1.56. The maximum atomic E-state index is 11.3. The van der Waals surface area contributed by atoms with E-state index in [9.17, 15) is 4.79 Å². The summed E-state index contributed by atoms with van der Waals surface area (Å²) in [5.74, 6) is 0.698. The lowest BCUT2D eigenvalue weighted by molar-refractivity contribution is 0.0524. The highest BCUT2D eigenvalue weighted by Crippen LogP contribution is 2.06. The Morgan fingerprint density at radius 3 is 2.88 bits per heavy atom. The summed E-state index contributed by atoms with van der Waals surface area (Å²) in [7, 11) is 0. The first-order chi connectivity index (χ1) is 7.87. The van der Waals surface area contributed by atoms with E-state index in [2.05, 4.69) is 10.3 Å². The second kappa shape index (κ2) is 5.67. The number of alkyl carbamates (subject to hydrolysis) is 1. The van der Waals surface area contributed by atoms with Crippen LogP contribution in [-0.2, 0) is 11.2 Å². The van der Waals surface area contributed by atoms with Crippen LogP contribution in [0.5, 0.6) is 0 Å². The molecule has 0 spiro atoms. The molecule has 1 unspecified atom stereocenters. The molecule has 6 heteroatoms. The van der Waals surface area contributed by atoms with Gasteiger partial charge in [-0.05, 0) is 20.8 Å². The van der Waals surface area contributed by atoms with Crippen molar-refractivity contribution in [3.05, 3.63) is 18.4 Å². The Labute approximate surface area is 101 Å². The molecule has 0 aliphatic heterocycles. The minimum absolute atomic E-state index is 0.226. The van der Waals surface area contributed by atoms with Gasteiger partial charge in [0.2, 0.25) is 0 Å². The summed E-state index contributed by atoms with van der Waals surface area (Å²) in [4.78, 5) is 15.1. The molecule has 1 heterocycles. The molecule has 6 nitrogen and oxygen atoms in total. The number of nitrogens with zero attached hydrogens (tertiary/aromatic N) is 1. The van der Waals surface area contributed by atoms with Crippen LogP contribution in [-0.4, -0.2) is 29.3 Å². The van der Waals surface area contributed by atoms with Crippen LogP contribution < -0.4 is 11.1 Å². The van der Waals surface area contributed by atoms with Crippen LogP contribution in [0.15, 0.2) is 17.0 Å². The third-order valence-electron chi connectivity index (χ3n) is 1.85. The average Bonchev–Trinajstić information content (AvgIpc) is 2.64. The number of amides is 1. The quantitative estimate of drug-likeness (QED) is 0.822. The molecule has 0 saturated heterocycles. The summed E-state index contributed by atoms with van der Waals surface area (Å²) in [6.45, 7) is 5.75. The number of rotatable bonds is 4. The van der Waals surface area contributed by atoms with Crippen molar-refractivity contribution >= 4 is 6.09 Å². The van der Waals surface area contributed by atoms with Gasteiger partial charge >= 0.3 is 6.09 Å². The number of nitrogens with two attached hydrogens (primary N) is 1. The number of hydrogen-bond acceptors (Lipinski definition) is 5. The Balaban J connectivity index is 2.24. The Morgan fingerprint density at radius 2 is 2.35 bits per heavy atom. The summed E-state index contributed by atoms with van der Waals surface area (Å²) in [5.41, 5.74) is 5.32. The molecule has 1 aromatic heterocycles. The number of oxazole rings is 1. The lowest BCUT2D eigenvalue weighted by Crippen LogP contribution is -2.41. The normalized spacial score (nSPS) is 13.2. The number of carbonyl (C=O) groups is 1. The van der Waals surface area contributed by atoms with E-state index in [1.165, 1.54) is 6.39 Å². The van der Waals surface area contributed by atoms with Gasteiger partial charge in [0.05, 0.1) is 6.20 Å². The summed E-state index contributed by atoms with van der Waals surface area (Å²) in [5, 5.41) is 2.60. The third-order valence-corrected chi connectivity index (χ3v) is 1.85. The summed E-state index contributed by atoms with van der Waals surface area (Å²) >= 11 is 0. The number of hydrogen-bond donors (Lipinski definition) is 2. The number of ether oxygens (including phenoxy) is 1. The van der Waals surface area contributed by atoms with E-state index in [1.807, 2.05) is 0 Å². The highest BCUT2D eigenvalue weighted by molar-refractivity contribution is 5.67. The highest BCUT2D eigenvalue weighted by atomic mass is 16.6. The molecule has 1 aromatic rings. The van der Waals surface area contributed by atoms with Gasteiger partial charge in [0, 0.05) is 19.0 Å². The Morgan fingerprint density at radius 1 is 1.65 bits per heavy atom. The standard InChI is InChI=1S/C11H19N3O3/c1-11(2,3)17-10(15)14-5-8(12)4-9-6-13-7-16-9/h6-8H,4-5,12H2,1-3H3,(H,14,15). The third kappa shape index (κ3) is 5.91. The topological polar surface area (TPSA) is 90.4 Å². The van der Waals surface area contributed by atoms with Gasteiger partial charge in [-0.2, -0.15) is 0 Å². The molecule has 0 bridgehead atoms. The first-order valence-electron chi connectivity index (χ1n) is 5.46. The van der Waals surface area contributed by atoms with Gasteiger partial charge in [-0.3, -0.25) is 0 Å². The van der Waals surface area contributed by atoms with Crippen LogP contribution in [0.3, 0.4) is 0 Å². The first kappa shape index (κ1) is 13.5. The molecular formula is C11H19N3O3. The van der Waals surface area contributed by atoms with E-state index in [-0.39, 0.29) is 6.04 Å². The molecule has 17 heavy (non-hydrogen) atoms. The van der Waals surface area contributed by atoms with Crippen LogP contribution in [0.4, 0.5) is 4.79 Å². The van der Waals surface area contributed by atoms with Crippen LogP contribution in [0.1, 0.15) is 26.5 Å². The van der Waals surface area contributed by atoms with Crippen molar-refractivity contribution in [2.75, 3.05) is 6.54 Å². The fraction of sp³-hybridized carbons (Fsp3) is 0.636. The fourth-order valence-electron chi connectivity index (χ4n) is 1.20. The molecule has 0 fully saturated rings. The van der Waals surface area contributed by atoms with Crippen molar-refractivity contribution in [2.24, 2.45) is 5.73 Å². The van der Waals surface area contributed by atoms with E-state index in [0.29, 0.717) is 18.7 Å². The van der Waals surface area contributed by atoms with E-state index in [0.717, 1.165) is 0 Å². The van der Waals surface area contributed by atoms with Gasteiger partial charge in [-0.1, -0.05) is 0 Å². The van der Waals surface area contributed by atoms with E-state index in [1.54, 1.807) is 27.0 Å². The molecule has 0 aliphatic carbocycles. The summed E-state index contributed by atoms with van der Waals surface area (Å²) < 4.78 is 10.1. The van der Waals surface area contributed by atoms with Gasteiger partial charge in [-0.25, -0.2) is 9.78 Å². The zero-order valence-electron chi connectivity index (χ0n) is 10.4. The average molecular weight is 241 g/mol. The number of carbonyl (C=O) groups excluding carboxylic acids is 1. The number of aromatic nitrogens is 1. The van der Waals surface area contributed by atoms with Gasteiger partial charge in [-0.15, -0.1) is 0 Å². The summed E-state index contributed by atoms with van der Waals surface area (Å²) in [6.07, 6.45) is 3.01. The molecule has 1 rings (SSSR count). The predicted octanol–water partition coefficient (Wildman–Crippen LogP) is 1.07. The lowest BCUT2D eigenvalue weighted by atomic mass is 10.2. The molecule has 96 valence electrons. The van der Waals surface area contributed by atoms with Gasteiger partial charge in [0.25, 0.3) is 0 Å². The van der Waals surface area contributed by atoms with Crippen LogP contribution in [0.2, 0.25) is 0 Å². The maximum absolute atomic E-state index is 11.3. The molecular weight excluding hydrogens is 222 g/mol. The SMILES string of the molecule is CC(C)(C)OC(=O)NCC(N)Cc1cnco1. The van der Waals surface area contributed by atoms with Crippen LogP contribution in [0.25, 0.3) is 0 Å². The smallest absolute Gasteiger partial charge is 0.407 e. The second-order valence-corrected chi connectivity index (χ2v) is 4.81. The minimum Gasteiger partial charge on any atom is -0.448 e. The Bertz CT molecular complexity index is 343. The van der Waals surface area contributed by atoms with Crippen molar-refractivity contribution in [3.8, 4) is 0 Å². The van der Waals surface area contributed by atoms with Gasteiger partial charge < -0.3 is 20.2 Å². The molecule has 0 aliphatic rings. The number of nitrogens with one attached hydrogen (secondary N) is 1. The van der Waals surface area contributed by atoms with Crippen LogP contribution in [0, 0.1) is 0 Å². The van der Waals surface area contributed by atoms with Crippen molar-refractivity contribution in [1.29, 1.82) is 0 Å². The van der Waals surface area contributed by atoms with Crippen molar-refractivity contribution in [1.82, 2.24) is 10.3 Å². The fourth-order valence-corrected chi connectivity index (χ4v) is 1.20. The van der Waals surface area contributed by atoms with Crippen molar-refractivity contribution in [3.63, 3.8) is 0 Å². The molecule has 1 amide bonds. The van der Waals surface area contributed by atoms with Gasteiger partial charge in [0.15, 0.2) is 6.39 Å². The highest BCUT2D eigenvalue weighted by Gasteiger charge is 2.16. The lowest BCUT2D eigenvalue weighted by Gasteiger charge is -2.20. The van der Waals surface area contributed by atoms with Gasteiger partial charge in [0.1, 0.15) is 11.4 Å². The first-order valence-corrected chi connectivity index (χ1v) is 5.46. The molecule has 1 atom stereocenters. The zero-order chi connectivity index (χ0) is 12.9. The Kier molecular flexibility index (Phi) is 4.51. The van der Waals surface area contributed by atoms with Crippen molar-refractivity contribution < 1.29 is 13.9 Å². The molecule has 0 aromatic carbocycles.